The highest BCUT2D eigenvalue weighted by Gasteiger charge is 2.37. The summed E-state index contributed by atoms with van der Waals surface area (Å²) in [5.41, 5.74) is 0. The Balaban J connectivity index is 2.01. The van der Waals surface area contributed by atoms with Crippen LogP contribution in [-0.2, 0) is 10.0 Å². The van der Waals surface area contributed by atoms with Gasteiger partial charge in [-0.3, -0.25) is 0 Å². The molecule has 0 radical (unpaired) electrons. The van der Waals surface area contributed by atoms with Crippen molar-refractivity contribution in [1.82, 2.24) is 4.31 Å². The van der Waals surface area contributed by atoms with Crippen molar-refractivity contribution >= 4 is 33.0 Å². The maximum Gasteiger partial charge on any atom is 0.245 e. The summed E-state index contributed by atoms with van der Waals surface area (Å²) < 4.78 is 27.2. The topological polar surface area (TPSA) is 37.4 Å². The Morgan fingerprint density at radius 1 is 1.20 bits per heavy atom. The number of hydrogen-bond donors (Lipinski definition) is 0. The zero-order chi connectivity index (χ0) is 14.2. The molecule has 0 unspecified atom stereocenters. The maximum atomic E-state index is 12.8. The fourth-order valence-electron chi connectivity index (χ4n) is 2.57. The second kappa shape index (κ2) is 5.48. The van der Waals surface area contributed by atoms with Gasteiger partial charge in [0.2, 0.25) is 10.0 Å². The summed E-state index contributed by atoms with van der Waals surface area (Å²) in [6.07, 6.45) is 1.75. The van der Waals surface area contributed by atoms with E-state index in [1.165, 1.54) is 0 Å². The molecule has 1 aromatic carbocycles. The summed E-state index contributed by atoms with van der Waals surface area (Å²) in [4.78, 5) is 1.29. The number of halogens is 1. The van der Waals surface area contributed by atoms with Crippen LogP contribution in [0.3, 0.4) is 0 Å². The Bertz CT molecular complexity index is 698. The van der Waals surface area contributed by atoms with E-state index in [-0.39, 0.29) is 16.0 Å². The smallest absolute Gasteiger partial charge is 0.207 e. The van der Waals surface area contributed by atoms with Gasteiger partial charge >= 0.3 is 0 Å². The molecule has 1 aliphatic rings. The molecule has 1 atom stereocenters. The Hall–Kier alpha value is -0.880. The fraction of sp³-hybridized carbons (Fsp3) is 0.286. The van der Waals surface area contributed by atoms with Crippen LogP contribution in [0.1, 0.15) is 23.8 Å². The van der Waals surface area contributed by atoms with Crippen LogP contribution in [0.15, 0.2) is 46.7 Å². The van der Waals surface area contributed by atoms with Crippen LogP contribution in [0, 0.1) is 0 Å². The lowest BCUT2D eigenvalue weighted by atomic mass is 10.2. The fourth-order valence-corrected chi connectivity index (χ4v) is 5.68. The first-order valence-electron chi connectivity index (χ1n) is 6.40. The molecule has 1 fully saturated rings. The highest BCUT2D eigenvalue weighted by Crippen LogP contribution is 2.39. The average Bonchev–Trinajstić information content (AvgIpc) is 3.10. The van der Waals surface area contributed by atoms with Gasteiger partial charge < -0.3 is 0 Å². The van der Waals surface area contributed by atoms with Crippen molar-refractivity contribution in [3.8, 4) is 0 Å². The summed E-state index contributed by atoms with van der Waals surface area (Å²) in [6.45, 7) is 0.552. The maximum absolute atomic E-state index is 12.8. The number of hydrogen-bond acceptors (Lipinski definition) is 3. The third-order valence-corrected chi connectivity index (χ3v) is 6.88. The largest absolute Gasteiger partial charge is 0.245 e. The second-order valence-electron chi connectivity index (χ2n) is 4.72. The van der Waals surface area contributed by atoms with E-state index >= 15 is 0 Å². The zero-order valence-corrected chi connectivity index (χ0v) is 13.1. The van der Waals surface area contributed by atoms with Gasteiger partial charge in [-0.25, -0.2) is 8.42 Å². The lowest BCUT2D eigenvalue weighted by molar-refractivity contribution is 0.401. The van der Waals surface area contributed by atoms with Crippen LogP contribution in [0.2, 0.25) is 5.02 Å². The quantitative estimate of drug-likeness (QED) is 0.856. The van der Waals surface area contributed by atoms with Gasteiger partial charge in [-0.15, -0.1) is 11.3 Å². The molecule has 3 rings (SSSR count). The van der Waals surface area contributed by atoms with Gasteiger partial charge in [0, 0.05) is 11.4 Å². The minimum Gasteiger partial charge on any atom is -0.207 e. The molecule has 0 bridgehead atoms. The van der Waals surface area contributed by atoms with E-state index < -0.39 is 10.0 Å². The van der Waals surface area contributed by atoms with Gasteiger partial charge in [-0.05, 0) is 36.4 Å². The van der Waals surface area contributed by atoms with Crippen LogP contribution in [0.25, 0.3) is 0 Å². The van der Waals surface area contributed by atoms with E-state index in [9.17, 15) is 8.42 Å². The molecule has 0 spiro atoms. The van der Waals surface area contributed by atoms with Crippen molar-refractivity contribution in [2.75, 3.05) is 6.54 Å². The van der Waals surface area contributed by atoms with Gasteiger partial charge in [0.1, 0.15) is 4.90 Å². The Morgan fingerprint density at radius 2 is 2.00 bits per heavy atom. The first-order valence-corrected chi connectivity index (χ1v) is 9.10. The van der Waals surface area contributed by atoms with Crippen LogP contribution < -0.4 is 0 Å². The van der Waals surface area contributed by atoms with E-state index in [1.54, 1.807) is 39.9 Å². The van der Waals surface area contributed by atoms with E-state index in [0.29, 0.717) is 6.54 Å². The van der Waals surface area contributed by atoms with Crippen molar-refractivity contribution in [2.45, 2.75) is 23.8 Å². The molecule has 1 aliphatic heterocycles. The normalized spacial score (nSPS) is 20.4. The SMILES string of the molecule is O=S(=O)(c1ccccc1Cl)N1CCC[C@H]1c1cccs1. The van der Waals surface area contributed by atoms with E-state index in [4.69, 9.17) is 11.6 Å². The summed E-state index contributed by atoms with van der Waals surface area (Å²) in [5, 5.41) is 2.26. The lowest BCUT2D eigenvalue weighted by Gasteiger charge is -2.23. The Labute approximate surface area is 127 Å². The van der Waals surface area contributed by atoms with E-state index in [0.717, 1.165) is 17.7 Å². The van der Waals surface area contributed by atoms with Crippen molar-refractivity contribution in [3.05, 3.63) is 51.7 Å². The number of sulfonamides is 1. The molecule has 0 N–H and O–H groups in total. The molecule has 20 heavy (non-hydrogen) atoms. The average molecular weight is 328 g/mol. The summed E-state index contributed by atoms with van der Waals surface area (Å²) in [7, 11) is -3.54. The van der Waals surface area contributed by atoms with Crippen molar-refractivity contribution in [3.63, 3.8) is 0 Å². The lowest BCUT2D eigenvalue weighted by Crippen LogP contribution is -2.30. The summed E-state index contributed by atoms with van der Waals surface area (Å²) >= 11 is 7.66. The molecule has 0 amide bonds. The molecule has 2 heterocycles. The van der Waals surface area contributed by atoms with E-state index in [2.05, 4.69) is 0 Å². The monoisotopic (exact) mass is 327 g/mol. The van der Waals surface area contributed by atoms with Crippen LogP contribution in [0.5, 0.6) is 0 Å². The first-order chi connectivity index (χ1) is 9.60. The first kappa shape index (κ1) is 14.1. The molecule has 3 nitrogen and oxygen atoms in total. The summed E-state index contributed by atoms with van der Waals surface area (Å²) in [6, 6.07) is 10.5. The second-order valence-corrected chi connectivity index (χ2v) is 7.97. The third-order valence-electron chi connectivity index (χ3n) is 3.50. The predicted octanol–water partition coefficient (Wildman–Crippen LogP) is 3.93. The highest BCUT2D eigenvalue weighted by atomic mass is 35.5. The minimum absolute atomic E-state index is 0.0590. The van der Waals surface area contributed by atoms with Crippen molar-refractivity contribution in [2.24, 2.45) is 0 Å². The van der Waals surface area contributed by atoms with Gasteiger partial charge in [0.05, 0.1) is 11.1 Å². The van der Waals surface area contributed by atoms with Crippen LogP contribution >= 0.6 is 22.9 Å². The highest BCUT2D eigenvalue weighted by molar-refractivity contribution is 7.89. The van der Waals surface area contributed by atoms with E-state index in [1.807, 2.05) is 17.5 Å². The molecule has 0 saturated carbocycles. The standard InChI is InChI=1S/C14H14ClNO2S2/c15-11-5-1-2-8-14(11)20(17,18)16-9-3-6-12(16)13-7-4-10-19-13/h1-2,4-5,7-8,10,12H,3,6,9H2/t12-/m0/s1. The molecule has 1 aromatic heterocycles. The molecular formula is C14H14ClNO2S2. The Kier molecular flexibility index (Phi) is 3.86. The number of nitrogens with zero attached hydrogens (tertiary/aromatic N) is 1. The third kappa shape index (κ3) is 2.39. The number of thiophene rings is 1. The predicted molar refractivity (Wildman–Crippen MR) is 81.6 cm³/mol. The molecule has 6 heteroatoms. The van der Waals surface area contributed by atoms with Gasteiger partial charge in [0.15, 0.2) is 0 Å². The van der Waals surface area contributed by atoms with Gasteiger partial charge in [-0.2, -0.15) is 4.31 Å². The molecule has 0 aliphatic carbocycles. The number of rotatable bonds is 3. The molecule has 1 saturated heterocycles. The minimum atomic E-state index is -3.54. The zero-order valence-electron chi connectivity index (χ0n) is 10.7. The van der Waals surface area contributed by atoms with Crippen molar-refractivity contribution < 1.29 is 8.42 Å². The molecule has 106 valence electrons. The molecule has 2 aromatic rings. The summed E-state index contributed by atoms with van der Waals surface area (Å²) in [5.74, 6) is 0. The number of benzene rings is 1. The molecular weight excluding hydrogens is 314 g/mol. The van der Waals surface area contributed by atoms with Gasteiger partial charge in [-0.1, -0.05) is 29.8 Å². The Morgan fingerprint density at radius 3 is 2.70 bits per heavy atom. The van der Waals surface area contributed by atoms with Gasteiger partial charge in [0.25, 0.3) is 0 Å². The van der Waals surface area contributed by atoms with Crippen LogP contribution in [-0.4, -0.2) is 19.3 Å². The van der Waals surface area contributed by atoms with Crippen molar-refractivity contribution in [1.29, 1.82) is 0 Å². The van der Waals surface area contributed by atoms with Crippen LogP contribution in [0.4, 0.5) is 0 Å².